The molecule has 0 bridgehead atoms. The van der Waals surface area contributed by atoms with Gasteiger partial charge in [0.25, 0.3) is 5.91 Å². The number of benzodiazepines with no additional fused rings is 1. The molecule has 0 fully saturated rings. The number of hydrogen-bond donors (Lipinski definition) is 2. The molecule has 3 atom stereocenters. The first-order chi connectivity index (χ1) is 19.8. The monoisotopic (exact) mass is 550 g/mol. The number of para-hydroxylation sites is 1. The van der Waals surface area contributed by atoms with Crippen molar-refractivity contribution in [3.05, 3.63) is 114 Å². The second-order valence-corrected chi connectivity index (χ2v) is 10.8. The maximum atomic E-state index is 14.2. The van der Waals surface area contributed by atoms with Gasteiger partial charge in [0.1, 0.15) is 0 Å². The van der Waals surface area contributed by atoms with Gasteiger partial charge in [-0.05, 0) is 36.8 Å². The molecule has 1 unspecified atom stereocenters. The minimum Gasteiger partial charge on any atom is -0.369 e. The predicted octanol–water partition coefficient (Wildman–Crippen LogP) is 4.90. The molecule has 3 N–H and O–H groups in total. The summed E-state index contributed by atoms with van der Waals surface area (Å²) in [5.74, 6) is -2.67. The third-order valence-corrected chi connectivity index (χ3v) is 7.34. The van der Waals surface area contributed by atoms with Crippen LogP contribution in [0.3, 0.4) is 0 Å². The van der Waals surface area contributed by atoms with Crippen LogP contribution < -0.4 is 16.0 Å². The van der Waals surface area contributed by atoms with Crippen LogP contribution in [0.2, 0.25) is 0 Å². The number of rotatable bonds is 12. The summed E-state index contributed by atoms with van der Waals surface area (Å²) < 4.78 is 0. The van der Waals surface area contributed by atoms with E-state index in [4.69, 9.17) is 10.7 Å². The molecule has 3 amide bonds. The van der Waals surface area contributed by atoms with E-state index in [0.717, 1.165) is 22.4 Å². The van der Waals surface area contributed by atoms with Crippen LogP contribution in [0.5, 0.6) is 0 Å². The van der Waals surface area contributed by atoms with E-state index in [0.29, 0.717) is 25.1 Å². The van der Waals surface area contributed by atoms with Gasteiger partial charge in [0.2, 0.25) is 18.0 Å². The molecule has 0 radical (unpaired) electrons. The molecule has 0 aromatic heterocycles. The SMILES string of the molecule is C=CC[C@H](C(N)=O)[C@@H](CC(C)C)C(=O)NC1N=C(c2ccccc2)c2ccccc2N(CCc2ccccc2)C1=O. The lowest BCUT2D eigenvalue weighted by atomic mass is 9.82. The quantitative estimate of drug-likeness (QED) is 0.314. The molecule has 7 heteroatoms. The van der Waals surface area contributed by atoms with Crippen molar-refractivity contribution in [2.75, 3.05) is 11.4 Å². The molecular weight excluding hydrogens is 512 g/mol. The fourth-order valence-electron chi connectivity index (χ4n) is 5.33. The Hall–Kier alpha value is -4.52. The molecule has 3 aromatic rings. The van der Waals surface area contributed by atoms with Crippen molar-refractivity contribution in [2.45, 2.75) is 39.3 Å². The number of amides is 3. The Morgan fingerprint density at radius 3 is 2.24 bits per heavy atom. The van der Waals surface area contributed by atoms with Gasteiger partial charge in [-0.15, -0.1) is 6.58 Å². The van der Waals surface area contributed by atoms with Gasteiger partial charge in [-0.1, -0.05) is 98.8 Å². The number of aliphatic imine (C=N–C) groups is 1. The van der Waals surface area contributed by atoms with E-state index < -0.39 is 29.8 Å². The summed E-state index contributed by atoms with van der Waals surface area (Å²) in [6.07, 6.45) is 1.74. The van der Waals surface area contributed by atoms with E-state index >= 15 is 0 Å². The number of benzene rings is 3. The lowest BCUT2D eigenvalue weighted by Gasteiger charge is -2.28. The third kappa shape index (κ3) is 7.17. The molecule has 1 aliphatic heterocycles. The number of carbonyl (C=O) groups is 3. The number of allylic oxidation sites excluding steroid dienone is 1. The van der Waals surface area contributed by atoms with Gasteiger partial charge in [0.05, 0.1) is 23.2 Å². The predicted molar refractivity (Wildman–Crippen MR) is 163 cm³/mol. The molecule has 1 heterocycles. The first kappa shape index (κ1) is 29.5. The van der Waals surface area contributed by atoms with Crippen LogP contribution in [-0.4, -0.2) is 36.1 Å². The summed E-state index contributed by atoms with van der Waals surface area (Å²) in [5, 5.41) is 2.91. The van der Waals surface area contributed by atoms with E-state index in [9.17, 15) is 14.4 Å². The van der Waals surface area contributed by atoms with Crippen molar-refractivity contribution in [3.63, 3.8) is 0 Å². The molecular formula is C34H38N4O3. The number of carbonyl (C=O) groups excluding carboxylic acids is 3. The molecule has 7 nitrogen and oxygen atoms in total. The highest BCUT2D eigenvalue weighted by molar-refractivity contribution is 6.20. The topological polar surface area (TPSA) is 105 Å². The zero-order valence-electron chi connectivity index (χ0n) is 23.7. The Morgan fingerprint density at radius 2 is 1.61 bits per heavy atom. The fraction of sp³-hybridized carbons (Fsp3) is 0.294. The standard InChI is InChI=1S/C34H38N4O3/c1-4-13-26(31(35)39)28(22-23(2)3)33(40)37-32-34(41)38(21-20-24-14-7-5-8-15-24)29-19-12-11-18-27(29)30(36-32)25-16-9-6-10-17-25/h4-12,14-19,23,26,28,32H,1,13,20-22H2,2-3H3,(H2,35,39)(H,37,40)/t26-,28+,32?/m0/s1. The molecule has 3 aromatic carbocycles. The van der Waals surface area contributed by atoms with Crippen LogP contribution in [0.25, 0.3) is 0 Å². The van der Waals surface area contributed by atoms with Crippen molar-refractivity contribution in [1.82, 2.24) is 5.32 Å². The van der Waals surface area contributed by atoms with Gasteiger partial charge < -0.3 is 16.0 Å². The molecule has 1 aliphatic rings. The average molecular weight is 551 g/mol. The van der Waals surface area contributed by atoms with E-state index in [1.807, 2.05) is 98.8 Å². The molecule has 0 aliphatic carbocycles. The molecule has 0 spiro atoms. The summed E-state index contributed by atoms with van der Waals surface area (Å²) in [6.45, 7) is 8.11. The number of fused-ring (bicyclic) bond motifs is 1. The number of anilines is 1. The van der Waals surface area contributed by atoms with Crippen LogP contribution in [-0.2, 0) is 20.8 Å². The first-order valence-corrected chi connectivity index (χ1v) is 14.1. The van der Waals surface area contributed by atoms with Gasteiger partial charge >= 0.3 is 0 Å². The maximum absolute atomic E-state index is 14.2. The van der Waals surface area contributed by atoms with Crippen LogP contribution in [0.4, 0.5) is 5.69 Å². The van der Waals surface area contributed by atoms with Crippen molar-refractivity contribution in [1.29, 1.82) is 0 Å². The minimum atomic E-state index is -1.19. The minimum absolute atomic E-state index is 0.122. The summed E-state index contributed by atoms with van der Waals surface area (Å²) in [4.78, 5) is 47.0. The Labute approximate surface area is 242 Å². The fourth-order valence-corrected chi connectivity index (χ4v) is 5.33. The normalized spacial score (nSPS) is 16.3. The van der Waals surface area contributed by atoms with Gasteiger partial charge in [0.15, 0.2) is 0 Å². The Balaban J connectivity index is 1.76. The van der Waals surface area contributed by atoms with Crippen molar-refractivity contribution in [3.8, 4) is 0 Å². The zero-order valence-corrected chi connectivity index (χ0v) is 23.7. The number of nitrogens with two attached hydrogens (primary N) is 1. The van der Waals surface area contributed by atoms with Crippen molar-refractivity contribution in [2.24, 2.45) is 28.5 Å². The summed E-state index contributed by atoms with van der Waals surface area (Å²) in [6, 6.07) is 27.3. The highest BCUT2D eigenvalue weighted by atomic mass is 16.2. The highest BCUT2D eigenvalue weighted by Crippen LogP contribution is 2.30. The van der Waals surface area contributed by atoms with E-state index in [1.54, 1.807) is 11.0 Å². The molecule has 0 saturated carbocycles. The maximum Gasteiger partial charge on any atom is 0.272 e. The Bertz CT molecular complexity index is 1400. The van der Waals surface area contributed by atoms with Crippen molar-refractivity contribution < 1.29 is 14.4 Å². The van der Waals surface area contributed by atoms with Gasteiger partial charge in [-0.2, -0.15) is 0 Å². The van der Waals surface area contributed by atoms with E-state index in [1.165, 1.54) is 0 Å². The van der Waals surface area contributed by atoms with Crippen molar-refractivity contribution >= 4 is 29.1 Å². The second kappa shape index (κ2) is 13.7. The molecule has 0 saturated heterocycles. The molecule has 4 rings (SSSR count). The number of nitrogens with zero attached hydrogens (tertiary/aromatic N) is 2. The highest BCUT2D eigenvalue weighted by Gasteiger charge is 2.37. The third-order valence-electron chi connectivity index (χ3n) is 7.34. The van der Waals surface area contributed by atoms with Gasteiger partial charge in [0, 0.05) is 17.7 Å². The van der Waals surface area contributed by atoms with Crippen LogP contribution in [0.1, 0.15) is 43.4 Å². The lowest BCUT2D eigenvalue weighted by Crippen LogP contribution is -2.51. The molecule has 212 valence electrons. The van der Waals surface area contributed by atoms with Crippen LogP contribution in [0, 0.1) is 17.8 Å². The van der Waals surface area contributed by atoms with Gasteiger partial charge in [-0.3, -0.25) is 14.4 Å². The average Bonchev–Trinajstić information content (AvgIpc) is 3.08. The largest absolute Gasteiger partial charge is 0.369 e. The zero-order chi connectivity index (χ0) is 29.4. The summed E-state index contributed by atoms with van der Waals surface area (Å²) in [7, 11) is 0. The Kier molecular flexibility index (Phi) is 9.85. The van der Waals surface area contributed by atoms with Crippen LogP contribution >= 0.6 is 0 Å². The Morgan fingerprint density at radius 1 is 0.976 bits per heavy atom. The van der Waals surface area contributed by atoms with E-state index in [-0.39, 0.29) is 18.2 Å². The number of primary amides is 1. The summed E-state index contributed by atoms with van der Waals surface area (Å²) in [5.41, 5.74) is 9.80. The van der Waals surface area contributed by atoms with E-state index in [2.05, 4.69) is 11.9 Å². The van der Waals surface area contributed by atoms with Crippen LogP contribution in [0.15, 0.2) is 103 Å². The van der Waals surface area contributed by atoms with Gasteiger partial charge in [-0.25, -0.2) is 4.99 Å². The smallest absolute Gasteiger partial charge is 0.272 e. The molecule has 41 heavy (non-hydrogen) atoms. The second-order valence-electron chi connectivity index (χ2n) is 10.8. The lowest BCUT2D eigenvalue weighted by molar-refractivity contribution is -0.135. The first-order valence-electron chi connectivity index (χ1n) is 14.1. The number of nitrogens with one attached hydrogen (secondary N) is 1. The number of hydrogen-bond acceptors (Lipinski definition) is 4. The summed E-state index contributed by atoms with van der Waals surface area (Å²) >= 11 is 0.